The van der Waals surface area contributed by atoms with Crippen molar-refractivity contribution in [1.29, 1.82) is 0 Å². The van der Waals surface area contributed by atoms with Crippen molar-refractivity contribution >= 4 is 11.4 Å². The number of alkyl halides is 3. The van der Waals surface area contributed by atoms with Crippen molar-refractivity contribution < 1.29 is 17.9 Å². The Morgan fingerprint density at radius 2 is 2.05 bits per heavy atom. The molecular formula is C14H19F3N2O. The Labute approximate surface area is 116 Å². The molecule has 0 spiro atoms. The molecule has 20 heavy (non-hydrogen) atoms. The first kappa shape index (κ1) is 15.0. The first-order valence-corrected chi connectivity index (χ1v) is 6.57. The standard InChI is InChI=1S/C14H19F3N2O/c1-9-5-6-19(8-13(9)20-2)12-4-3-10(18)7-11(12)14(15,16)17/h3-4,7,9,13H,5-6,8,18H2,1-2H3. The van der Waals surface area contributed by atoms with Gasteiger partial charge in [-0.3, -0.25) is 0 Å². The predicted molar refractivity (Wildman–Crippen MR) is 72.6 cm³/mol. The van der Waals surface area contributed by atoms with E-state index in [0.29, 0.717) is 19.0 Å². The number of nitrogens with two attached hydrogens (primary N) is 1. The Balaban J connectivity index is 2.33. The van der Waals surface area contributed by atoms with Gasteiger partial charge < -0.3 is 15.4 Å². The van der Waals surface area contributed by atoms with E-state index in [0.717, 1.165) is 12.5 Å². The summed E-state index contributed by atoms with van der Waals surface area (Å²) in [5.74, 6) is 0.347. The summed E-state index contributed by atoms with van der Waals surface area (Å²) in [6.45, 7) is 3.11. The van der Waals surface area contributed by atoms with Crippen LogP contribution in [0.5, 0.6) is 0 Å². The van der Waals surface area contributed by atoms with Crippen molar-refractivity contribution in [2.75, 3.05) is 30.8 Å². The molecule has 2 N–H and O–H groups in total. The number of nitrogen functional groups attached to an aromatic ring is 1. The molecule has 0 radical (unpaired) electrons. The van der Waals surface area contributed by atoms with Gasteiger partial charge in [-0.1, -0.05) is 6.92 Å². The van der Waals surface area contributed by atoms with E-state index in [4.69, 9.17) is 10.5 Å². The maximum absolute atomic E-state index is 13.1. The molecule has 2 atom stereocenters. The smallest absolute Gasteiger partial charge is 0.399 e. The molecule has 1 aromatic rings. The average Bonchev–Trinajstić information content (AvgIpc) is 2.38. The number of piperidine rings is 1. The SMILES string of the molecule is COC1CN(c2ccc(N)cc2C(F)(F)F)CCC1C. The molecule has 112 valence electrons. The highest BCUT2D eigenvalue weighted by Crippen LogP contribution is 2.39. The van der Waals surface area contributed by atoms with Gasteiger partial charge in [-0.05, 0) is 30.5 Å². The van der Waals surface area contributed by atoms with Crippen molar-refractivity contribution in [3.8, 4) is 0 Å². The molecule has 3 nitrogen and oxygen atoms in total. The molecule has 6 heteroatoms. The Morgan fingerprint density at radius 1 is 1.35 bits per heavy atom. The number of hydrogen-bond acceptors (Lipinski definition) is 3. The summed E-state index contributed by atoms with van der Waals surface area (Å²) >= 11 is 0. The van der Waals surface area contributed by atoms with Crippen LogP contribution in [0.4, 0.5) is 24.5 Å². The Kier molecular flexibility index (Phi) is 4.13. The molecule has 0 aliphatic carbocycles. The van der Waals surface area contributed by atoms with Crippen molar-refractivity contribution in [3.05, 3.63) is 23.8 Å². The highest BCUT2D eigenvalue weighted by Gasteiger charge is 2.36. The first-order valence-electron chi connectivity index (χ1n) is 6.57. The summed E-state index contributed by atoms with van der Waals surface area (Å²) in [7, 11) is 1.60. The number of rotatable bonds is 2. The molecule has 1 aliphatic rings. The van der Waals surface area contributed by atoms with E-state index in [1.165, 1.54) is 12.1 Å². The van der Waals surface area contributed by atoms with Gasteiger partial charge in [-0.15, -0.1) is 0 Å². The van der Waals surface area contributed by atoms with Crippen molar-refractivity contribution in [1.82, 2.24) is 0 Å². The monoisotopic (exact) mass is 288 g/mol. The number of anilines is 2. The molecule has 1 aromatic carbocycles. The minimum absolute atomic E-state index is 0.0533. The van der Waals surface area contributed by atoms with Gasteiger partial charge in [0.25, 0.3) is 0 Å². The summed E-state index contributed by atoms with van der Waals surface area (Å²) in [4.78, 5) is 1.73. The summed E-state index contributed by atoms with van der Waals surface area (Å²) in [5.41, 5.74) is 5.11. The second-order valence-electron chi connectivity index (χ2n) is 5.26. The lowest BCUT2D eigenvalue weighted by molar-refractivity contribution is -0.137. The Hall–Kier alpha value is -1.43. The van der Waals surface area contributed by atoms with Gasteiger partial charge in [0, 0.05) is 31.6 Å². The molecule has 0 amide bonds. The van der Waals surface area contributed by atoms with E-state index in [9.17, 15) is 13.2 Å². The minimum Gasteiger partial charge on any atom is -0.399 e. The Morgan fingerprint density at radius 3 is 2.65 bits per heavy atom. The molecule has 0 bridgehead atoms. The third-order valence-corrected chi connectivity index (χ3v) is 3.86. The maximum Gasteiger partial charge on any atom is 0.418 e. The molecule has 1 saturated heterocycles. The quantitative estimate of drug-likeness (QED) is 0.850. The minimum atomic E-state index is -4.41. The van der Waals surface area contributed by atoms with Crippen LogP contribution in [0.2, 0.25) is 0 Å². The van der Waals surface area contributed by atoms with Crippen LogP contribution < -0.4 is 10.6 Å². The van der Waals surface area contributed by atoms with Gasteiger partial charge in [0.15, 0.2) is 0 Å². The van der Waals surface area contributed by atoms with E-state index >= 15 is 0 Å². The predicted octanol–water partition coefficient (Wildman–Crippen LogP) is 3.15. The highest BCUT2D eigenvalue weighted by molar-refractivity contribution is 5.61. The van der Waals surface area contributed by atoms with Gasteiger partial charge in [0.05, 0.1) is 11.7 Å². The lowest BCUT2D eigenvalue weighted by atomic mass is 9.94. The number of hydrogen-bond donors (Lipinski definition) is 1. The van der Waals surface area contributed by atoms with Gasteiger partial charge in [-0.25, -0.2) is 0 Å². The molecule has 1 aliphatic heterocycles. The number of ether oxygens (including phenoxy) is 1. The van der Waals surface area contributed by atoms with Crippen LogP contribution in [-0.4, -0.2) is 26.3 Å². The topological polar surface area (TPSA) is 38.5 Å². The largest absolute Gasteiger partial charge is 0.418 e. The number of nitrogens with zero attached hydrogens (tertiary/aromatic N) is 1. The van der Waals surface area contributed by atoms with Crippen LogP contribution >= 0.6 is 0 Å². The fourth-order valence-corrected chi connectivity index (χ4v) is 2.62. The molecule has 2 rings (SSSR count). The number of methoxy groups -OCH3 is 1. The fraction of sp³-hybridized carbons (Fsp3) is 0.571. The molecule has 1 fully saturated rings. The van der Waals surface area contributed by atoms with Gasteiger partial charge in [0.1, 0.15) is 0 Å². The molecule has 0 aromatic heterocycles. The zero-order valence-electron chi connectivity index (χ0n) is 11.6. The third kappa shape index (κ3) is 3.00. The van der Waals surface area contributed by atoms with Crippen molar-refractivity contribution in [2.45, 2.75) is 25.6 Å². The van der Waals surface area contributed by atoms with E-state index in [2.05, 4.69) is 6.92 Å². The summed E-state index contributed by atoms with van der Waals surface area (Å²) in [5, 5.41) is 0. The van der Waals surface area contributed by atoms with Gasteiger partial charge in [0.2, 0.25) is 0 Å². The normalized spacial score (nSPS) is 23.9. The van der Waals surface area contributed by atoms with Crippen LogP contribution in [0.15, 0.2) is 18.2 Å². The fourth-order valence-electron chi connectivity index (χ4n) is 2.62. The van der Waals surface area contributed by atoms with E-state index in [1.54, 1.807) is 12.0 Å². The van der Waals surface area contributed by atoms with Crippen LogP contribution in [0.1, 0.15) is 18.9 Å². The van der Waals surface area contributed by atoms with E-state index in [1.807, 2.05) is 0 Å². The second-order valence-corrected chi connectivity index (χ2v) is 5.26. The molecular weight excluding hydrogens is 269 g/mol. The third-order valence-electron chi connectivity index (χ3n) is 3.86. The lowest BCUT2D eigenvalue weighted by Crippen LogP contribution is -2.44. The number of benzene rings is 1. The van der Waals surface area contributed by atoms with Crippen LogP contribution in [0, 0.1) is 5.92 Å². The molecule has 1 heterocycles. The van der Waals surface area contributed by atoms with Crippen LogP contribution in [-0.2, 0) is 10.9 Å². The van der Waals surface area contributed by atoms with Crippen LogP contribution in [0.3, 0.4) is 0 Å². The zero-order valence-corrected chi connectivity index (χ0v) is 11.6. The van der Waals surface area contributed by atoms with Crippen molar-refractivity contribution in [3.63, 3.8) is 0 Å². The van der Waals surface area contributed by atoms with Crippen molar-refractivity contribution in [2.24, 2.45) is 5.92 Å². The first-order chi connectivity index (χ1) is 9.32. The summed E-state index contributed by atoms with van der Waals surface area (Å²) in [6.07, 6.45) is -3.65. The van der Waals surface area contributed by atoms with Crippen LogP contribution in [0.25, 0.3) is 0 Å². The Bertz CT molecular complexity index is 476. The summed E-state index contributed by atoms with van der Waals surface area (Å²) in [6, 6.07) is 3.94. The molecule has 0 saturated carbocycles. The maximum atomic E-state index is 13.1. The van der Waals surface area contributed by atoms with Gasteiger partial charge >= 0.3 is 6.18 Å². The van der Waals surface area contributed by atoms with E-state index < -0.39 is 11.7 Å². The summed E-state index contributed by atoms with van der Waals surface area (Å²) < 4.78 is 44.7. The lowest BCUT2D eigenvalue weighted by Gasteiger charge is -2.38. The van der Waals surface area contributed by atoms with Gasteiger partial charge in [-0.2, -0.15) is 13.2 Å². The average molecular weight is 288 g/mol. The zero-order chi connectivity index (χ0) is 14.9. The van der Waals surface area contributed by atoms with E-state index in [-0.39, 0.29) is 17.5 Å². The number of halogens is 3. The molecule has 2 unspecified atom stereocenters. The second kappa shape index (κ2) is 5.52. The highest BCUT2D eigenvalue weighted by atomic mass is 19.4.